The van der Waals surface area contributed by atoms with E-state index < -0.39 is 71.1 Å². The molecule has 0 radical (unpaired) electrons. The Labute approximate surface area is 295 Å². The number of aliphatic imine (C=N–C) groups is 2. The molecule has 2 aliphatic carbocycles. The number of guanidine groups is 1. The smallest absolute Gasteiger partial charge is 0.416 e. The first-order valence-electron chi connectivity index (χ1n) is 16.9. The van der Waals surface area contributed by atoms with Crippen LogP contribution in [0.5, 0.6) is 5.75 Å². The highest BCUT2D eigenvalue weighted by Gasteiger charge is 2.48. The first-order valence-corrected chi connectivity index (χ1v) is 16.9. The molecule has 0 aromatic heterocycles. The first kappa shape index (κ1) is 35.6. The molecule has 52 heavy (non-hydrogen) atoms. The van der Waals surface area contributed by atoms with E-state index in [9.17, 15) is 41.0 Å². The number of hydrogen-bond acceptors (Lipinski definition) is 7. The third-order valence-corrected chi connectivity index (χ3v) is 10.7. The molecule has 1 amide bonds. The third-order valence-electron chi connectivity index (χ3n) is 10.7. The number of fused-ring (bicyclic) bond motifs is 1. The lowest BCUT2D eigenvalue weighted by Gasteiger charge is -2.33. The van der Waals surface area contributed by atoms with E-state index in [1.165, 1.54) is 18.9 Å². The zero-order chi connectivity index (χ0) is 37.3. The number of carboxylic acids is 1. The van der Waals surface area contributed by atoms with Gasteiger partial charge in [0, 0.05) is 37.3 Å². The maximum Gasteiger partial charge on any atom is 0.416 e. The van der Waals surface area contributed by atoms with Crippen molar-refractivity contribution in [3.05, 3.63) is 81.9 Å². The Bertz CT molecular complexity index is 1880. The van der Waals surface area contributed by atoms with E-state index in [0.717, 1.165) is 36.2 Å². The second-order valence-corrected chi connectivity index (χ2v) is 14.2. The number of hydrogen-bond donors (Lipinski definition) is 1. The zero-order valence-corrected chi connectivity index (χ0v) is 28.4. The van der Waals surface area contributed by atoms with Crippen LogP contribution in [-0.2, 0) is 21.9 Å². The summed E-state index contributed by atoms with van der Waals surface area (Å²) in [7, 11) is 1.51. The molecule has 2 aromatic rings. The van der Waals surface area contributed by atoms with Gasteiger partial charge < -0.3 is 19.5 Å². The van der Waals surface area contributed by atoms with Crippen LogP contribution in [0.4, 0.5) is 31.1 Å². The molecule has 2 aromatic carbocycles. The van der Waals surface area contributed by atoms with Crippen LogP contribution >= 0.6 is 0 Å². The number of likely N-dealkylation sites (tertiary alicyclic amines) is 1. The monoisotopic (exact) mass is 730 g/mol. The molecular formula is C37H36F6N4O5. The number of cyclic esters (lactones) is 1. The highest BCUT2D eigenvalue weighted by molar-refractivity contribution is 5.93. The average Bonchev–Trinajstić information content (AvgIpc) is 3.60. The minimum Gasteiger partial charge on any atom is -0.496 e. The van der Waals surface area contributed by atoms with Crippen LogP contribution in [0.3, 0.4) is 0 Å². The van der Waals surface area contributed by atoms with Gasteiger partial charge in [-0.15, -0.1) is 0 Å². The number of amides is 1. The van der Waals surface area contributed by atoms with Crippen molar-refractivity contribution in [2.24, 2.45) is 27.7 Å². The summed E-state index contributed by atoms with van der Waals surface area (Å²) in [5.74, 6) is 0.00196. The van der Waals surface area contributed by atoms with Crippen LogP contribution in [0.15, 0.2) is 64.1 Å². The van der Waals surface area contributed by atoms with Gasteiger partial charge in [0.05, 0.1) is 36.2 Å². The van der Waals surface area contributed by atoms with Gasteiger partial charge in [-0.25, -0.2) is 14.8 Å². The van der Waals surface area contributed by atoms with E-state index >= 15 is 0 Å². The van der Waals surface area contributed by atoms with Gasteiger partial charge in [0.2, 0.25) is 5.96 Å². The normalized spacial score (nSPS) is 28.6. The average molecular weight is 731 g/mol. The maximum absolute atomic E-state index is 13.7. The number of carboxylic acid groups (broad SMARTS) is 1. The molecule has 15 heteroatoms. The highest BCUT2D eigenvalue weighted by atomic mass is 19.4. The SMILES string of the molecule is COc1ccc(C2=C(C)CC(C(=O)O)C=C2)cc1C1C=NC(N2CC3CC3C2)=NC1CN1C(=O)OC(c2cc(C(F)(F)F)cc(C(F)(F)F)c2)C1C. The molecule has 1 saturated carbocycles. The van der Waals surface area contributed by atoms with E-state index in [1.807, 2.05) is 19.1 Å². The molecule has 2 saturated heterocycles. The fraction of sp³-hybridized carbons (Fsp3) is 0.459. The Morgan fingerprint density at radius 3 is 2.31 bits per heavy atom. The number of benzene rings is 2. The van der Waals surface area contributed by atoms with Crippen molar-refractivity contribution in [3.63, 3.8) is 0 Å². The van der Waals surface area contributed by atoms with Crippen molar-refractivity contribution in [3.8, 4) is 5.75 Å². The van der Waals surface area contributed by atoms with Gasteiger partial charge in [-0.2, -0.15) is 26.3 Å². The summed E-state index contributed by atoms with van der Waals surface area (Å²) in [5, 5.41) is 9.52. The molecular weight excluding hydrogens is 694 g/mol. The molecule has 7 unspecified atom stereocenters. The number of piperidine rings is 1. The van der Waals surface area contributed by atoms with Crippen molar-refractivity contribution in [2.45, 2.75) is 63.1 Å². The number of carbonyl (C=O) groups excluding carboxylic acids is 1. The minimum atomic E-state index is -5.06. The number of allylic oxidation sites excluding steroid dienone is 3. The summed E-state index contributed by atoms with van der Waals surface area (Å²) in [4.78, 5) is 38.2. The lowest BCUT2D eigenvalue weighted by molar-refractivity contribution is -0.143. The summed E-state index contributed by atoms with van der Waals surface area (Å²) in [5.41, 5.74) is -0.196. The molecule has 0 spiro atoms. The molecule has 276 valence electrons. The summed E-state index contributed by atoms with van der Waals surface area (Å²) >= 11 is 0. The standard InChI is InChI=1S/C37H36F6N4O5/c1-18-8-21(33(48)49)4-6-27(18)20-5-7-31(51-3)28(12-20)29-14-44-34(46-15-23-9-24(23)16-46)45-30(29)17-47-19(2)32(52-35(47)50)22-10-25(36(38,39)40)13-26(11-22)37(41,42)43/h4-7,10-14,19,21,23-24,29-30,32H,8-9,15-17H2,1-3H3,(H,48,49). The lowest BCUT2D eigenvalue weighted by atomic mass is 9.84. The highest BCUT2D eigenvalue weighted by Crippen LogP contribution is 2.46. The van der Waals surface area contributed by atoms with Crippen molar-refractivity contribution < 1.29 is 50.5 Å². The van der Waals surface area contributed by atoms with E-state index in [2.05, 4.69) is 4.90 Å². The summed E-state index contributed by atoms with van der Waals surface area (Å²) < 4.78 is 93.5. The van der Waals surface area contributed by atoms with Crippen LogP contribution in [0, 0.1) is 17.8 Å². The van der Waals surface area contributed by atoms with Crippen molar-refractivity contribution in [1.82, 2.24) is 9.80 Å². The number of carbonyl (C=O) groups is 2. The van der Waals surface area contributed by atoms with Gasteiger partial charge in [-0.05, 0) is 85.6 Å². The van der Waals surface area contributed by atoms with Gasteiger partial charge in [0.25, 0.3) is 0 Å². The second-order valence-electron chi connectivity index (χ2n) is 14.2. The van der Waals surface area contributed by atoms with Gasteiger partial charge in [0.15, 0.2) is 0 Å². The molecule has 7 atom stereocenters. The Kier molecular flexibility index (Phi) is 8.89. The number of ether oxygens (including phenoxy) is 2. The molecule has 9 nitrogen and oxygen atoms in total. The Morgan fingerprint density at radius 1 is 1.04 bits per heavy atom. The lowest BCUT2D eigenvalue weighted by Crippen LogP contribution is -2.43. The van der Waals surface area contributed by atoms with E-state index in [1.54, 1.807) is 24.4 Å². The number of rotatable bonds is 7. The molecule has 1 N–H and O–H groups in total. The third kappa shape index (κ3) is 6.76. The number of nitrogens with zero attached hydrogens (tertiary/aromatic N) is 4. The van der Waals surface area contributed by atoms with E-state index in [4.69, 9.17) is 19.5 Å². The Balaban J connectivity index is 1.23. The number of methoxy groups -OCH3 is 1. The maximum atomic E-state index is 13.7. The van der Waals surface area contributed by atoms with Crippen LogP contribution in [-0.4, -0.2) is 78.0 Å². The topological polar surface area (TPSA) is 104 Å². The van der Waals surface area contributed by atoms with Gasteiger partial charge in [-0.1, -0.05) is 23.8 Å². The molecule has 3 aliphatic heterocycles. The molecule has 5 aliphatic rings. The van der Waals surface area contributed by atoms with Gasteiger partial charge in [-0.3, -0.25) is 9.69 Å². The summed E-state index contributed by atoms with van der Waals surface area (Å²) in [6.07, 6.45) is -5.79. The number of alkyl halides is 6. The molecule has 0 bridgehead atoms. The van der Waals surface area contributed by atoms with Gasteiger partial charge in [0.1, 0.15) is 11.9 Å². The predicted molar refractivity (Wildman–Crippen MR) is 178 cm³/mol. The molecule has 7 rings (SSSR count). The van der Waals surface area contributed by atoms with E-state index in [-0.39, 0.29) is 12.6 Å². The molecule has 3 heterocycles. The number of halogens is 6. The fourth-order valence-electron chi connectivity index (χ4n) is 7.75. The second kappa shape index (κ2) is 13.0. The van der Waals surface area contributed by atoms with E-state index in [0.29, 0.717) is 47.7 Å². The number of aliphatic carboxylic acids is 1. The summed E-state index contributed by atoms with van der Waals surface area (Å²) in [6, 6.07) is 5.13. The fourth-order valence-corrected chi connectivity index (χ4v) is 7.75. The predicted octanol–water partition coefficient (Wildman–Crippen LogP) is 7.59. The quantitative estimate of drug-likeness (QED) is 0.295. The van der Waals surface area contributed by atoms with Crippen LogP contribution in [0.2, 0.25) is 0 Å². The molecule has 3 fully saturated rings. The zero-order valence-electron chi connectivity index (χ0n) is 28.4. The van der Waals surface area contributed by atoms with Gasteiger partial charge >= 0.3 is 24.4 Å². The van der Waals surface area contributed by atoms with Crippen LogP contribution in [0.25, 0.3) is 5.57 Å². The Morgan fingerprint density at radius 2 is 1.71 bits per heavy atom. The minimum absolute atomic E-state index is 0.0415. The van der Waals surface area contributed by atoms with Crippen LogP contribution < -0.4 is 4.74 Å². The van der Waals surface area contributed by atoms with Crippen LogP contribution in [0.1, 0.15) is 66.5 Å². The Hall–Kier alpha value is -4.82. The van der Waals surface area contributed by atoms with Crippen molar-refractivity contribution >= 4 is 29.8 Å². The van der Waals surface area contributed by atoms with Crippen molar-refractivity contribution in [2.75, 3.05) is 26.7 Å². The largest absolute Gasteiger partial charge is 0.496 e. The van der Waals surface area contributed by atoms with Crippen molar-refractivity contribution in [1.29, 1.82) is 0 Å². The summed E-state index contributed by atoms with van der Waals surface area (Å²) in [6.45, 7) is 4.88. The first-order chi connectivity index (χ1) is 24.5.